The van der Waals surface area contributed by atoms with Gasteiger partial charge in [0.1, 0.15) is 24.4 Å². The first-order valence-electron chi connectivity index (χ1n) is 10.7. The predicted molar refractivity (Wildman–Crippen MR) is 144 cm³/mol. The fourth-order valence-corrected chi connectivity index (χ4v) is 0.618. The van der Waals surface area contributed by atoms with Gasteiger partial charge in [0.25, 0.3) is 47.8 Å². The Morgan fingerprint density at radius 3 is 0.659 bits per heavy atom. The maximum absolute atomic E-state index is 9.90. The molecule has 0 aromatic rings. The van der Waals surface area contributed by atoms with Gasteiger partial charge in [0, 0.05) is 55.4 Å². The fourth-order valence-electron chi connectivity index (χ4n) is 0.618. The molecular formula is C22H44O22. The monoisotopic (exact) mass is 660 g/mol. The molecule has 0 heterocycles. The second-order valence-corrected chi connectivity index (χ2v) is 6.51. The summed E-state index contributed by atoms with van der Waals surface area (Å²) in [6, 6.07) is 0. The van der Waals surface area contributed by atoms with Crippen molar-refractivity contribution in [3.63, 3.8) is 0 Å². The summed E-state index contributed by atoms with van der Waals surface area (Å²) in [5, 5.41) is 103. The number of aliphatic carboxylic acids is 8. The van der Waals surface area contributed by atoms with Crippen LogP contribution in [0, 0.1) is 0 Å². The van der Waals surface area contributed by atoms with Crippen LogP contribution in [0.5, 0.6) is 0 Å². The molecule has 4 atom stereocenters. The van der Waals surface area contributed by atoms with Crippen LogP contribution in [0.4, 0.5) is 0 Å². The Bertz CT molecular complexity index is 602. The summed E-state index contributed by atoms with van der Waals surface area (Å²) in [6.07, 6.45) is -6.84. The van der Waals surface area contributed by atoms with Gasteiger partial charge in [0.15, 0.2) is 6.29 Å². The molecule has 0 amide bonds. The van der Waals surface area contributed by atoms with E-state index in [0.717, 1.165) is 55.4 Å². The van der Waals surface area contributed by atoms with Crippen LogP contribution in [0.3, 0.4) is 0 Å². The van der Waals surface area contributed by atoms with E-state index in [2.05, 4.69) is 0 Å². The molecule has 13 N–H and O–H groups in total. The topological polar surface area (TPSA) is 417 Å². The van der Waals surface area contributed by atoms with Crippen molar-refractivity contribution in [2.45, 2.75) is 79.8 Å². The molecule has 0 aliphatic carbocycles. The van der Waals surface area contributed by atoms with E-state index in [-0.39, 0.29) is 6.29 Å². The molecule has 264 valence electrons. The van der Waals surface area contributed by atoms with E-state index in [1.54, 1.807) is 0 Å². The Morgan fingerprint density at radius 1 is 0.432 bits per heavy atom. The summed E-state index contributed by atoms with van der Waals surface area (Å²) in [5.74, 6) is -6.67. The Morgan fingerprint density at radius 2 is 0.568 bits per heavy atom. The van der Waals surface area contributed by atoms with Crippen LogP contribution < -0.4 is 0 Å². The molecular weight excluding hydrogens is 616 g/mol. The van der Waals surface area contributed by atoms with Crippen LogP contribution in [0.15, 0.2) is 0 Å². The van der Waals surface area contributed by atoms with E-state index < -0.39 is 78.8 Å². The van der Waals surface area contributed by atoms with Crippen molar-refractivity contribution in [1.82, 2.24) is 0 Å². The number of hydrogen-bond donors (Lipinski definition) is 13. The second-order valence-electron chi connectivity index (χ2n) is 6.51. The number of carboxylic acid groups (broad SMARTS) is 8. The molecule has 22 nitrogen and oxygen atoms in total. The Balaban J connectivity index is -0.0000000472. The molecule has 0 rings (SSSR count). The third kappa shape index (κ3) is 387. The molecule has 0 aromatic heterocycles. The van der Waals surface area contributed by atoms with E-state index in [1.807, 2.05) is 0 Å². The minimum absolute atomic E-state index is 0.0258. The Hall–Kier alpha value is -4.77. The summed E-state index contributed by atoms with van der Waals surface area (Å²) >= 11 is 0. The van der Waals surface area contributed by atoms with Gasteiger partial charge in [-0.1, -0.05) is 0 Å². The van der Waals surface area contributed by atoms with Crippen LogP contribution >= 0.6 is 0 Å². The van der Waals surface area contributed by atoms with E-state index in [1.165, 1.54) is 0 Å². The van der Waals surface area contributed by atoms with Gasteiger partial charge in [-0.25, -0.2) is 0 Å². The van der Waals surface area contributed by atoms with Gasteiger partial charge in [-0.15, -0.1) is 0 Å². The lowest BCUT2D eigenvalue weighted by molar-refractivity contribution is -0.136. The van der Waals surface area contributed by atoms with Gasteiger partial charge in [-0.2, -0.15) is 0 Å². The molecule has 0 fully saturated rings. The van der Waals surface area contributed by atoms with Crippen molar-refractivity contribution in [3.05, 3.63) is 0 Å². The molecule has 0 bridgehead atoms. The maximum Gasteiger partial charge on any atom is 0.300 e. The number of aliphatic hydroxyl groups excluding tert-OH is 5. The summed E-state index contributed by atoms with van der Waals surface area (Å²) in [4.78, 5) is 81.9. The van der Waals surface area contributed by atoms with Gasteiger partial charge >= 0.3 is 0 Å². The number of rotatable bonds is 5. The van der Waals surface area contributed by atoms with Gasteiger partial charge in [-0.3, -0.25) is 38.4 Å². The molecule has 44 heavy (non-hydrogen) atoms. The zero-order valence-corrected chi connectivity index (χ0v) is 25.1. The zero-order valence-electron chi connectivity index (χ0n) is 25.1. The van der Waals surface area contributed by atoms with Gasteiger partial charge < -0.3 is 71.2 Å². The van der Waals surface area contributed by atoms with Crippen molar-refractivity contribution in [1.29, 1.82) is 0 Å². The lowest BCUT2D eigenvalue weighted by Gasteiger charge is -2.22. The quantitative estimate of drug-likeness (QED) is 0.134. The Labute approximate surface area is 250 Å². The highest BCUT2D eigenvalue weighted by Crippen LogP contribution is 2.02. The van der Waals surface area contributed by atoms with Crippen LogP contribution in [-0.2, 0) is 43.2 Å². The van der Waals surface area contributed by atoms with E-state index in [4.69, 9.17) is 105 Å². The van der Waals surface area contributed by atoms with Crippen molar-refractivity contribution in [2.75, 3.05) is 6.61 Å². The first kappa shape index (κ1) is 62.7. The van der Waals surface area contributed by atoms with Crippen LogP contribution in [-0.4, -0.2) is 151 Å². The highest BCUT2D eigenvalue weighted by molar-refractivity contribution is 5.64. The maximum atomic E-state index is 9.90. The highest BCUT2D eigenvalue weighted by atomic mass is 16.4. The average Bonchev–Trinajstić information content (AvgIpc) is 2.74. The van der Waals surface area contributed by atoms with Crippen LogP contribution in [0.25, 0.3) is 0 Å². The molecule has 0 aliphatic heterocycles. The standard InChI is InChI=1S/C6H12O6.8C2H4O2/c7-1-3(9)5(11)6(12)4(10)2-8;8*1-2(3)4/h1,3-6,8-12H,2H2;8*1H3,(H,3,4)/t3-,4+,5+,6+;;;;;;;;/m0......../s1. The predicted octanol–water partition coefficient (Wildman–Crippen LogP) is -2.65. The first-order chi connectivity index (χ1) is 19.4. The molecule has 22 heteroatoms. The van der Waals surface area contributed by atoms with Gasteiger partial charge in [0.2, 0.25) is 0 Å². The van der Waals surface area contributed by atoms with Crippen molar-refractivity contribution < 1.29 is 110 Å². The molecule has 0 aliphatic rings. The average molecular weight is 661 g/mol. The Kier molecular flexibility index (Phi) is 68.4. The number of carbonyl (C=O) groups excluding carboxylic acids is 1. The summed E-state index contributed by atoms with van der Waals surface area (Å²) in [5.41, 5.74) is 0. The molecule has 0 saturated carbocycles. The third-order valence-corrected chi connectivity index (χ3v) is 1.42. The number of hydrogen-bond acceptors (Lipinski definition) is 14. The number of aliphatic hydroxyl groups is 5. The first-order valence-corrected chi connectivity index (χ1v) is 10.7. The second kappa shape index (κ2) is 48.0. The van der Waals surface area contributed by atoms with E-state index in [9.17, 15) is 4.79 Å². The minimum atomic E-state index is -1.79. The van der Waals surface area contributed by atoms with Gasteiger partial charge in [0.05, 0.1) is 6.61 Å². The molecule has 0 radical (unpaired) electrons. The molecule has 0 spiro atoms. The summed E-state index contributed by atoms with van der Waals surface area (Å²) < 4.78 is 0. The van der Waals surface area contributed by atoms with Crippen molar-refractivity contribution in [2.24, 2.45) is 0 Å². The van der Waals surface area contributed by atoms with Crippen LogP contribution in [0.2, 0.25) is 0 Å². The highest BCUT2D eigenvalue weighted by Gasteiger charge is 2.29. The molecule has 0 saturated heterocycles. The van der Waals surface area contributed by atoms with Crippen molar-refractivity contribution >= 4 is 54.0 Å². The molecule has 0 unspecified atom stereocenters. The largest absolute Gasteiger partial charge is 0.481 e. The van der Waals surface area contributed by atoms with Crippen LogP contribution in [0.1, 0.15) is 55.4 Å². The van der Waals surface area contributed by atoms with Crippen molar-refractivity contribution in [3.8, 4) is 0 Å². The number of aldehydes is 1. The normalized spacial score (nSPS) is 10.3. The fraction of sp³-hybridized carbons (Fsp3) is 0.591. The summed E-state index contributed by atoms with van der Waals surface area (Å²) in [6.45, 7) is 7.91. The lowest BCUT2D eigenvalue weighted by Crippen LogP contribution is -2.46. The summed E-state index contributed by atoms with van der Waals surface area (Å²) in [7, 11) is 0. The SMILES string of the molecule is CC(=O)O.CC(=O)O.CC(=O)O.CC(=O)O.CC(=O)O.CC(=O)O.CC(=O)O.CC(=O)O.O=C[C@H](O)[C@@H](O)[C@H](O)[C@H](O)CO. The minimum Gasteiger partial charge on any atom is -0.481 e. The number of carbonyl (C=O) groups is 9. The van der Waals surface area contributed by atoms with E-state index in [0.29, 0.717) is 0 Å². The third-order valence-electron chi connectivity index (χ3n) is 1.42. The lowest BCUT2D eigenvalue weighted by atomic mass is 10.0. The smallest absolute Gasteiger partial charge is 0.300 e. The molecule has 0 aromatic carbocycles. The van der Waals surface area contributed by atoms with Gasteiger partial charge in [-0.05, 0) is 0 Å². The van der Waals surface area contributed by atoms with E-state index >= 15 is 0 Å². The zero-order chi connectivity index (χ0) is 38.3. The number of carboxylic acids is 8.